The molecule has 1 N–H and O–H groups in total. The Morgan fingerprint density at radius 3 is 2.26 bits per heavy atom. The smallest absolute Gasteiger partial charge is 0.365 e. The van der Waals surface area contributed by atoms with Crippen molar-refractivity contribution in [3.63, 3.8) is 0 Å². The Morgan fingerprint density at radius 2 is 1.74 bits per heavy atom. The fourth-order valence-corrected chi connectivity index (χ4v) is 2.51. The van der Waals surface area contributed by atoms with E-state index in [0.29, 0.717) is 19.1 Å². The van der Waals surface area contributed by atoms with Crippen LogP contribution < -0.4 is 4.90 Å². The zero-order valence-electron chi connectivity index (χ0n) is 12.2. The van der Waals surface area contributed by atoms with Gasteiger partial charge in [-0.15, -0.1) is 0 Å². The van der Waals surface area contributed by atoms with E-state index in [1.807, 2.05) is 0 Å². The zero-order valence-corrected chi connectivity index (χ0v) is 12.2. The van der Waals surface area contributed by atoms with Crippen molar-refractivity contribution in [3.8, 4) is 0 Å². The monoisotopic (exact) mass is 272 g/mol. The summed E-state index contributed by atoms with van der Waals surface area (Å²) in [6, 6.07) is -0.411. The Hall–Kier alpha value is -1.10. The molecule has 0 aromatic carbocycles. The molecule has 0 aliphatic carbocycles. The maximum Gasteiger partial charge on any atom is 0.365 e. The van der Waals surface area contributed by atoms with Gasteiger partial charge in [-0.3, -0.25) is 4.79 Å². The summed E-state index contributed by atoms with van der Waals surface area (Å²) in [5, 5.41) is 0. The topological polar surface area (TPSA) is 57.0 Å². The normalized spacial score (nSPS) is 24.6. The molecule has 110 valence electrons. The van der Waals surface area contributed by atoms with E-state index in [0.717, 1.165) is 30.8 Å². The van der Waals surface area contributed by atoms with Crippen molar-refractivity contribution in [1.29, 1.82) is 0 Å². The van der Waals surface area contributed by atoms with Gasteiger partial charge in [-0.05, 0) is 32.6 Å². The number of ether oxygens (including phenoxy) is 2. The van der Waals surface area contributed by atoms with Crippen LogP contribution in [0.2, 0.25) is 0 Å². The minimum absolute atomic E-state index is 0.121. The highest BCUT2D eigenvalue weighted by molar-refractivity contribution is 5.81. The molecule has 1 atom stereocenters. The Labute approximate surface area is 115 Å². The summed E-state index contributed by atoms with van der Waals surface area (Å²) < 4.78 is 10.0. The molecule has 1 heterocycles. The van der Waals surface area contributed by atoms with Crippen molar-refractivity contribution in [3.05, 3.63) is 0 Å². The number of rotatable bonds is 6. The number of carbonyl (C=O) groups is 2. The molecule has 0 spiro atoms. The minimum Gasteiger partial charge on any atom is -0.466 e. The summed E-state index contributed by atoms with van der Waals surface area (Å²) in [4.78, 5) is 24.8. The second kappa shape index (κ2) is 8.15. The molecule has 0 aromatic rings. The van der Waals surface area contributed by atoms with Gasteiger partial charge in [0.15, 0.2) is 6.04 Å². The van der Waals surface area contributed by atoms with E-state index in [4.69, 9.17) is 9.47 Å². The molecule has 0 bridgehead atoms. The van der Waals surface area contributed by atoms with E-state index in [9.17, 15) is 9.59 Å². The number of likely N-dealkylation sites (tertiary alicyclic amines) is 1. The van der Waals surface area contributed by atoms with E-state index in [1.54, 1.807) is 13.8 Å². The van der Waals surface area contributed by atoms with E-state index in [-0.39, 0.29) is 18.4 Å². The molecule has 1 fully saturated rings. The number of carbonyl (C=O) groups excluding carboxylic acids is 2. The summed E-state index contributed by atoms with van der Waals surface area (Å²) in [5.41, 5.74) is 0. The predicted octanol–water partition coefficient (Wildman–Crippen LogP) is 0.186. The largest absolute Gasteiger partial charge is 0.466 e. The van der Waals surface area contributed by atoms with Crippen molar-refractivity contribution in [2.45, 2.75) is 46.1 Å². The molecule has 5 heteroatoms. The van der Waals surface area contributed by atoms with Gasteiger partial charge in [-0.25, -0.2) is 4.79 Å². The van der Waals surface area contributed by atoms with Crippen molar-refractivity contribution in [1.82, 2.24) is 0 Å². The first-order valence-electron chi connectivity index (χ1n) is 7.25. The van der Waals surface area contributed by atoms with Crippen LogP contribution in [0.1, 0.15) is 40.0 Å². The number of hydrogen-bond donors (Lipinski definition) is 1. The quantitative estimate of drug-likeness (QED) is 0.701. The zero-order chi connectivity index (χ0) is 14.3. The van der Waals surface area contributed by atoms with E-state index < -0.39 is 6.04 Å². The summed E-state index contributed by atoms with van der Waals surface area (Å²) in [5.74, 6) is 0.112. The van der Waals surface area contributed by atoms with E-state index >= 15 is 0 Å². The summed E-state index contributed by atoms with van der Waals surface area (Å²) in [6.07, 6.45) is 2.30. The lowest BCUT2D eigenvalue weighted by atomic mass is 9.97. The van der Waals surface area contributed by atoms with Crippen LogP contribution in [0.15, 0.2) is 0 Å². The highest BCUT2D eigenvalue weighted by Gasteiger charge is 2.35. The van der Waals surface area contributed by atoms with Crippen molar-refractivity contribution in [2.24, 2.45) is 5.92 Å². The third kappa shape index (κ3) is 5.19. The lowest BCUT2D eigenvalue weighted by molar-refractivity contribution is -0.922. The second-order valence-corrected chi connectivity index (χ2v) is 5.15. The fourth-order valence-electron chi connectivity index (χ4n) is 2.51. The van der Waals surface area contributed by atoms with Gasteiger partial charge in [0.1, 0.15) is 6.42 Å². The predicted molar refractivity (Wildman–Crippen MR) is 70.8 cm³/mol. The molecule has 0 radical (unpaired) electrons. The van der Waals surface area contributed by atoms with Crippen LogP contribution in [0.5, 0.6) is 0 Å². The number of esters is 2. The van der Waals surface area contributed by atoms with Gasteiger partial charge in [-0.2, -0.15) is 0 Å². The number of nitrogens with one attached hydrogen (secondary N) is 1. The lowest BCUT2D eigenvalue weighted by Crippen LogP contribution is -3.17. The van der Waals surface area contributed by atoms with Crippen molar-refractivity contribution < 1.29 is 24.0 Å². The van der Waals surface area contributed by atoms with Gasteiger partial charge < -0.3 is 14.4 Å². The highest BCUT2D eigenvalue weighted by Crippen LogP contribution is 2.08. The highest BCUT2D eigenvalue weighted by atomic mass is 16.5. The standard InChI is InChI=1S/C14H25NO4/c1-4-18-13(16)10-12(14(17)19-5-2)15-8-6-11(3)7-9-15/h11-12H,4-10H2,1-3H3/p+1/t12-/m1/s1. The van der Waals surface area contributed by atoms with Gasteiger partial charge in [0.05, 0.1) is 26.3 Å². The maximum atomic E-state index is 12.0. The molecular formula is C14H26NO4+. The van der Waals surface area contributed by atoms with Gasteiger partial charge >= 0.3 is 11.9 Å². The Morgan fingerprint density at radius 1 is 1.16 bits per heavy atom. The molecule has 0 amide bonds. The summed E-state index contributed by atoms with van der Waals surface area (Å²) >= 11 is 0. The van der Waals surface area contributed by atoms with Crippen LogP contribution in [0.4, 0.5) is 0 Å². The summed E-state index contributed by atoms with van der Waals surface area (Å²) in [6.45, 7) is 8.32. The molecule has 1 saturated heterocycles. The van der Waals surface area contributed by atoms with E-state index in [2.05, 4.69) is 6.92 Å². The number of hydrogen-bond acceptors (Lipinski definition) is 4. The van der Waals surface area contributed by atoms with E-state index in [1.165, 1.54) is 0 Å². The number of quaternary nitrogens is 1. The van der Waals surface area contributed by atoms with Crippen LogP contribution >= 0.6 is 0 Å². The van der Waals surface area contributed by atoms with Gasteiger partial charge in [0, 0.05) is 0 Å². The molecule has 1 aliphatic rings. The van der Waals surface area contributed by atoms with Gasteiger partial charge in [0.2, 0.25) is 0 Å². The molecule has 19 heavy (non-hydrogen) atoms. The molecular weight excluding hydrogens is 246 g/mol. The lowest BCUT2D eigenvalue weighted by Gasteiger charge is -2.32. The fraction of sp³-hybridized carbons (Fsp3) is 0.857. The summed E-state index contributed by atoms with van der Waals surface area (Å²) in [7, 11) is 0. The number of piperidine rings is 1. The van der Waals surface area contributed by atoms with Crippen molar-refractivity contribution >= 4 is 11.9 Å². The Bertz CT molecular complexity index is 298. The maximum absolute atomic E-state index is 12.0. The van der Waals surface area contributed by atoms with Crippen LogP contribution in [-0.4, -0.2) is 44.3 Å². The average molecular weight is 272 g/mol. The molecule has 1 aliphatic heterocycles. The molecule has 0 unspecified atom stereocenters. The minimum atomic E-state index is -0.411. The average Bonchev–Trinajstić information content (AvgIpc) is 2.38. The first-order valence-corrected chi connectivity index (χ1v) is 7.25. The van der Waals surface area contributed by atoms with Crippen molar-refractivity contribution in [2.75, 3.05) is 26.3 Å². The van der Waals surface area contributed by atoms with Gasteiger partial charge in [0.25, 0.3) is 0 Å². The van der Waals surface area contributed by atoms with Crippen LogP contribution in [0, 0.1) is 5.92 Å². The Balaban J connectivity index is 2.63. The van der Waals surface area contributed by atoms with Crippen LogP contribution in [-0.2, 0) is 19.1 Å². The molecule has 5 nitrogen and oxygen atoms in total. The van der Waals surface area contributed by atoms with Crippen LogP contribution in [0.25, 0.3) is 0 Å². The molecule has 1 rings (SSSR count). The molecule has 0 saturated carbocycles. The second-order valence-electron chi connectivity index (χ2n) is 5.15. The Kier molecular flexibility index (Phi) is 6.84. The van der Waals surface area contributed by atoms with Gasteiger partial charge in [-0.1, -0.05) is 6.92 Å². The molecule has 0 aromatic heterocycles. The van der Waals surface area contributed by atoms with Crippen LogP contribution in [0.3, 0.4) is 0 Å². The third-order valence-corrected chi connectivity index (χ3v) is 3.66. The first-order chi connectivity index (χ1) is 9.08. The SMILES string of the molecule is CCOC(=O)C[C@H](C(=O)OCC)[NH+]1CCC(C)CC1. The third-order valence-electron chi connectivity index (χ3n) is 3.66. The first kappa shape index (κ1) is 16.0.